The van der Waals surface area contributed by atoms with Gasteiger partial charge in [-0.15, -0.1) is 0 Å². The van der Waals surface area contributed by atoms with Gasteiger partial charge in [0.2, 0.25) is 11.8 Å². The third-order valence-corrected chi connectivity index (χ3v) is 10.6. The fourth-order valence-corrected chi connectivity index (χ4v) is 7.46. The first-order valence-electron chi connectivity index (χ1n) is 18.0. The largest absolute Gasteiger partial charge is 0.469 e. The fourth-order valence-electron chi connectivity index (χ4n) is 7.28. The number of amides is 2. The summed E-state index contributed by atoms with van der Waals surface area (Å²) in [6.07, 6.45) is 5.15. The van der Waals surface area contributed by atoms with Gasteiger partial charge in [0.25, 0.3) is 0 Å². The molecule has 4 aromatic rings. The van der Waals surface area contributed by atoms with Crippen molar-refractivity contribution in [3.8, 4) is 22.6 Å². The van der Waals surface area contributed by atoms with E-state index in [4.69, 9.17) is 21.1 Å². The van der Waals surface area contributed by atoms with Gasteiger partial charge >= 0.3 is 5.97 Å². The van der Waals surface area contributed by atoms with E-state index in [0.29, 0.717) is 47.9 Å². The Hall–Kier alpha value is -4.69. The van der Waals surface area contributed by atoms with Gasteiger partial charge in [-0.05, 0) is 100 Å². The average molecular weight is 725 g/mol. The van der Waals surface area contributed by atoms with E-state index < -0.39 is 29.8 Å². The number of carbonyl (C=O) groups is 3. The highest BCUT2D eigenvalue weighted by molar-refractivity contribution is 6.31. The molecule has 0 radical (unpaired) electrons. The molecule has 1 aliphatic carbocycles. The minimum atomic E-state index is -0.926. The molecule has 0 bridgehead atoms. The number of benzene rings is 4. The number of ether oxygens (including phenoxy) is 2. The monoisotopic (exact) mass is 724 g/mol. The summed E-state index contributed by atoms with van der Waals surface area (Å²) in [4.78, 5) is 42.9. The van der Waals surface area contributed by atoms with E-state index >= 15 is 0 Å². The molecule has 1 saturated carbocycles. The van der Waals surface area contributed by atoms with E-state index in [9.17, 15) is 18.8 Å². The third kappa shape index (κ3) is 8.67. The summed E-state index contributed by atoms with van der Waals surface area (Å²) >= 11 is 6.03. The molecule has 6 rings (SSSR count). The topological polar surface area (TPSA) is 84.9 Å². The number of fused-ring (bicyclic) bond motifs is 1. The van der Waals surface area contributed by atoms with Crippen LogP contribution in [0.25, 0.3) is 11.1 Å². The predicted molar refractivity (Wildman–Crippen MR) is 201 cm³/mol. The standard InChI is InChI=1S/C43H46ClFN2O5/c1-43(2,3)32-15-18-33(19-16-32)52-34-17-13-29-21-22-47(39(48)23-27-7-5-6-8-27)41(35(29)25-34)42(50)46-38(26-40(49)51-4)30-11-9-28(10-12-30)31-14-20-37(45)36(44)24-31/h9-20,24-25,27,38,41H,5-8,21-23,26H2,1-4H3,(H,46,50). The lowest BCUT2D eigenvalue weighted by Crippen LogP contribution is -2.48. The van der Waals surface area contributed by atoms with Crippen LogP contribution in [0.15, 0.2) is 84.9 Å². The molecule has 1 fully saturated rings. The summed E-state index contributed by atoms with van der Waals surface area (Å²) in [5.74, 6) is 0.105. The zero-order chi connectivity index (χ0) is 37.0. The molecule has 0 aromatic heterocycles. The minimum Gasteiger partial charge on any atom is -0.469 e. The number of rotatable bonds is 10. The Morgan fingerprint density at radius 2 is 1.58 bits per heavy atom. The summed E-state index contributed by atoms with van der Waals surface area (Å²) in [5, 5.41) is 3.13. The summed E-state index contributed by atoms with van der Waals surface area (Å²) in [6.45, 7) is 6.88. The molecule has 1 N–H and O–H groups in total. The molecule has 1 aliphatic heterocycles. The second kappa shape index (κ2) is 15.9. The highest BCUT2D eigenvalue weighted by atomic mass is 35.5. The molecule has 2 atom stereocenters. The van der Waals surface area contributed by atoms with Crippen molar-refractivity contribution in [3.05, 3.63) is 118 Å². The molecule has 9 heteroatoms. The van der Waals surface area contributed by atoms with E-state index in [1.807, 2.05) is 54.6 Å². The van der Waals surface area contributed by atoms with Crippen LogP contribution in [0, 0.1) is 11.7 Å². The average Bonchev–Trinajstić information content (AvgIpc) is 3.64. The first-order valence-corrected chi connectivity index (χ1v) is 18.4. The van der Waals surface area contributed by atoms with Gasteiger partial charge < -0.3 is 19.7 Å². The van der Waals surface area contributed by atoms with Crippen molar-refractivity contribution in [2.24, 2.45) is 5.92 Å². The van der Waals surface area contributed by atoms with Crippen molar-refractivity contribution in [2.45, 2.75) is 83.2 Å². The van der Waals surface area contributed by atoms with Crippen molar-refractivity contribution in [1.29, 1.82) is 0 Å². The Labute approximate surface area is 310 Å². The first kappa shape index (κ1) is 37.1. The van der Waals surface area contributed by atoms with Crippen LogP contribution in [-0.4, -0.2) is 36.3 Å². The molecular formula is C43H46ClFN2O5. The van der Waals surface area contributed by atoms with Crippen molar-refractivity contribution in [1.82, 2.24) is 10.2 Å². The Bertz CT molecular complexity index is 1920. The maximum Gasteiger partial charge on any atom is 0.307 e. The summed E-state index contributed by atoms with van der Waals surface area (Å²) in [6, 6.07) is 23.8. The van der Waals surface area contributed by atoms with Crippen LogP contribution in [0.3, 0.4) is 0 Å². The molecule has 4 aromatic carbocycles. The SMILES string of the molecule is COC(=O)CC(NC(=O)C1c2cc(Oc3ccc(C(C)(C)C)cc3)ccc2CCN1C(=O)CC1CCCC1)c1ccc(-c2ccc(F)c(Cl)c2)cc1. The van der Waals surface area contributed by atoms with Crippen LogP contribution in [0.5, 0.6) is 11.5 Å². The van der Waals surface area contributed by atoms with Gasteiger partial charge in [0.05, 0.1) is 24.6 Å². The van der Waals surface area contributed by atoms with Crippen molar-refractivity contribution in [3.63, 3.8) is 0 Å². The minimum absolute atomic E-state index is 0.00406. The van der Waals surface area contributed by atoms with Gasteiger partial charge in [0, 0.05) is 13.0 Å². The van der Waals surface area contributed by atoms with Crippen LogP contribution in [-0.2, 0) is 31.0 Å². The summed E-state index contributed by atoms with van der Waals surface area (Å²) in [5.41, 5.74) is 5.05. The first-order chi connectivity index (χ1) is 24.9. The number of esters is 1. The Balaban J connectivity index is 1.31. The second-order valence-electron chi connectivity index (χ2n) is 14.9. The molecule has 0 spiro atoms. The van der Waals surface area contributed by atoms with Gasteiger partial charge in [-0.25, -0.2) is 4.39 Å². The molecule has 2 unspecified atom stereocenters. The Kier molecular flexibility index (Phi) is 11.3. The lowest BCUT2D eigenvalue weighted by atomic mass is 9.87. The van der Waals surface area contributed by atoms with Crippen molar-refractivity contribution >= 4 is 29.4 Å². The van der Waals surface area contributed by atoms with Crippen LogP contribution < -0.4 is 10.1 Å². The van der Waals surface area contributed by atoms with E-state index in [0.717, 1.165) is 42.4 Å². The molecular weight excluding hydrogens is 679 g/mol. The third-order valence-electron chi connectivity index (χ3n) is 10.3. The summed E-state index contributed by atoms with van der Waals surface area (Å²) < 4.78 is 25.1. The van der Waals surface area contributed by atoms with Crippen molar-refractivity contribution < 1.29 is 28.2 Å². The number of nitrogens with one attached hydrogen (secondary N) is 1. The number of halogens is 2. The molecule has 0 saturated heterocycles. The van der Waals surface area contributed by atoms with Crippen LogP contribution >= 0.6 is 11.6 Å². The fraction of sp³-hybridized carbons (Fsp3) is 0.372. The van der Waals surface area contributed by atoms with Crippen LogP contribution in [0.4, 0.5) is 4.39 Å². The van der Waals surface area contributed by atoms with Gasteiger partial charge in [0.15, 0.2) is 0 Å². The number of hydrogen-bond donors (Lipinski definition) is 1. The number of methoxy groups -OCH3 is 1. The zero-order valence-corrected chi connectivity index (χ0v) is 31.0. The Morgan fingerprint density at radius 1 is 0.904 bits per heavy atom. The highest BCUT2D eigenvalue weighted by Crippen LogP contribution is 2.38. The van der Waals surface area contributed by atoms with Crippen LogP contribution in [0.2, 0.25) is 5.02 Å². The molecule has 272 valence electrons. The molecule has 52 heavy (non-hydrogen) atoms. The number of carbonyl (C=O) groups excluding carboxylic acids is 3. The zero-order valence-electron chi connectivity index (χ0n) is 30.2. The van der Waals surface area contributed by atoms with E-state index in [1.54, 1.807) is 17.0 Å². The quantitative estimate of drug-likeness (QED) is 0.165. The van der Waals surface area contributed by atoms with E-state index in [2.05, 4.69) is 38.2 Å². The summed E-state index contributed by atoms with van der Waals surface area (Å²) in [7, 11) is 1.31. The second-order valence-corrected chi connectivity index (χ2v) is 15.3. The maximum absolute atomic E-state index is 14.6. The Morgan fingerprint density at radius 3 is 2.23 bits per heavy atom. The van der Waals surface area contributed by atoms with Gasteiger partial charge in [0.1, 0.15) is 23.4 Å². The van der Waals surface area contributed by atoms with E-state index in [-0.39, 0.29) is 22.8 Å². The molecule has 1 heterocycles. The van der Waals surface area contributed by atoms with Crippen LogP contribution in [0.1, 0.15) is 93.6 Å². The molecule has 7 nitrogen and oxygen atoms in total. The normalized spacial score (nSPS) is 16.6. The smallest absolute Gasteiger partial charge is 0.307 e. The molecule has 2 amide bonds. The van der Waals surface area contributed by atoms with Gasteiger partial charge in [-0.3, -0.25) is 14.4 Å². The lowest BCUT2D eigenvalue weighted by Gasteiger charge is -2.38. The molecule has 2 aliphatic rings. The van der Waals surface area contributed by atoms with E-state index in [1.165, 1.54) is 18.7 Å². The number of hydrogen-bond acceptors (Lipinski definition) is 5. The predicted octanol–water partition coefficient (Wildman–Crippen LogP) is 9.66. The lowest BCUT2D eigenvalue weighted by molar-refractivity contribution is -0.144. The maximum atomic E-state index is 14.6. The number of nitrogens with zero attached hydrogens (tertiary/aromatic N) is 1. The highest BCUT2D eigenvalue weighted by Gasteiger charge is 2.38. The van der Waals surface area contributed by atoms with Crippen molar-refractivity contribution in [2.75, 3.05) is 13.7 Å². The van der Waals surface area contributed by atoms with Gasteiger partial charge in [-0.1, -0.05) is 93.7 Å². The van der Waals surface area contributed by atoms with Gasteiger partial charge in [-0.2, -0.15) is 0 Å².